The summed E-state index contributed by atoms with van der Waals surface area (Å²) in [5.41, 5.74) is 2.14. The third kappa shape index (κ3) is 3.48. The average Bonchev–Trinajstić information content (AvgIpc) is 3.51. The molecule has 4 aromatic rings. The van der Waals surface area contributed by atoms with Crippen molar-refractivity contribution in [3.63, 3.8) is 0 Å². The lowest BCUT2D eigenvalue weighted by molar-refractivity contribution is 0.103. The summed E-state index contributed by atoms with van der Waals surface area (Å²) in [4.78, 5) is 17.9. The van der Waals surface area contributed by atoms with E-state index in [2.05, 4.69) is 20.5 Å². The summed E-state index contributed by atoms with van der Waals surface area (Å²) in [5.74, 6) is 0.937. The molecule has 0 fully saturated rings. The van der Waals surface area contributed by atoms with Gasteiger partial charge in [-0.15, -0.1) is 16.4 Å². The molecule has 0 aliphatic rings. The fraction of sp³-hybridized carbons (Fsp3) is 0.150. The number of aromatic nitrogens is 5. The Hall–Kier alpha value is -3.79. The lowest BCUT2D eigenvalue weighted by Gasteiger charge is -2.15. The Balaban J connectivity index is 1.88. The quantitative estimate of drug-likeness (QED) is 0.418. The van der Waals surface area contributed by atoms with Crippen LogP contribution in [-0.4, -0.2) is 52.3 Å². The maximum atomic E-state index is 13.6. The van der Waals surface area contributed by atoms with Gasteiger partial charge in [0.2, 0.25) is 5.75 Å². The zero-order valence-electron chi connectivity index (χ0n) is 16.4. The first-order valence-electron chi connectivity index (χ1n) is 8.78. The van der Waals surface area contributed by atoms with E-state index in [-0.39, 0.29) is 5.78 Å². The number of rotatable bonds is 7. The maximum Gasteiger partial charge on any atom is 0.203 e. The van der Waals surface area contributed by atoms with E-state index < -0.39 is 0 Å². The molecular formula is C20H17N5O4S. The van der Waals surface area contributed by atoms with E-state index in [1.54, 1.807) is 30.5 Å². The second-order valence-corrected chi connectivity index (χ2v) is 6.96. The molecule has 0 atom stereocenters. The Morgan fingerprint density at radius 2 is 1.80 bits per heavy atom. The Kier molecular flexibility index (Phi) is 5.40. The predicted octanol–water partition coefficient (Wildman–Crippen LogP) is 3.04. The van der Waals surface area contributed by atoms with Crippen molar-refractivity contribution in [2.24, 2.45) is 0 Å². The molecule has 2 aromatic carbocycles. The van der Waals surface area contributed by atoms with Crippen LogP contribution < -0.4 is 14.2 Å². The standard InChI is InChI=1S/C20H17N5O4S/c1-27-16-9-13(10-17(28-2)19(16)29-3)18(26)14-8-12(20-21-6-7-30-20)4-5-15(14)25-11-22-23-24-25/h4-11H,1-3H3. The van der Waals surface area contributed by atoms with Crippen LogP contribution in [0, 0.1) is 0 Å². The maximum absolute atomic E-state index is 13.6. The van der Waals surface area contributed by atoms with Crippen LogP contribution in [0.25, 0.3) is 16.3 Å². The van der Waals surface area contributed by atoms with Crippen molar-refractivity contribution in [3.8, 4) is 33.5 Å². The van der Waals surface area contributed by atoms with Gasteiger partial charge in [0.15, 0.2) is 17.3 Å². The number of carbonyl (C=O) groups excluding carboxylic acids is 1. The topological polar surface area (TPSA) is 101 Å². The van der Waals surface area contributed by atoms with E-state index in [9.17, 15) is 4.79 Å². The molecule has 2 heterocycles. The Labute approximate surface area is 175 Å². The molecule has 30 heavy (non-hydrogen) atoms. The van der Waals surface area contributed by atoms with E-state index in [0.29, 0.717) is 34.1 Å². The Bertz CT molecular complexity index is 1150. The molecule has 0 aliphatic carbocycles. The minimum absolute atomic E-state index is 0.252. The van der Waals surface area contributed by atoms with Crippen molar-refractivity contribution in [1.29, 1.82) is 0 Å². The van der Waals surface area contributed by atoms with Crippen molar-refractivity contribution < 1.29 is 19.0 Å². The summed E-state index contributed by atoms with van der Waals surface area (Å²) in [6.45, 7) is 0. The minimum atomic E-state index is -0.252. The van der Waals surface area contributed by atoms with Gasteiger partial charge < -0.3 is 14.2 Å². The second-order valence-electron chi connectivity index (χ2n) is 6.07. The predicted molar refractivity (Wildman–Crippen MR) is 110 cm³/mol. The molecule has 152 valence electrons. The molecule has 2 aromatic heterocycles. The first-order chi connectivity index (χ1) is 14.7. The van der Waals surface area contributed by atoms with Gasteiger partial charge in [-0.2, -0.15) is 4.68 Å². The van der Waals surface area contributed by atoms with Crippen LogP contribution in [0.1, 0.15) is 15.9 Å². The Morgan fingerprint density at radius 1 is 1.03 bits per heavy atom. The number of hydrogen-bond acceptors (Lipinski definition) is 9. The molecule has 4 rings (SSSR count). The van der Waals surface area contributed by atoms with E-state index in [0.717, 1.165) is 10.6 Å². The van der Waals surface area contributed by atoms with Gasteiger partial charge in [-0.05, 0) is 40.8 Å². The van der Waals surface area contributed by atoms with Gasteiger partial charge in [-0.1, -0.05) is 0 Å². The minimum Gasteiger partial charge on any atom is -0.493 e. The zero-order valence-corrected chi connectivity index (χ0v) is 17.2. The van der Waals surface area contributed by atoms with Crippen molar-refractivity contribution >= 4 is 17.1 Å². The smallest absolute Gasteiger partial charge is 0.203 e. The van der Waals surface area contributed by atoms with Gasteiger partial charge in [-0.25, -0.2) is 4.98 Å². The van der Waals surface area contributed by atoms with Crippen LogP contribution in [-0.2, 0) is 0 Å². The third-order valence-electron chi connectivity index (χ3n) is 4.44. The van der Waals surface area contributed by atoms with E-state index in [1.165, 1.54) is 43.7 Å². The molecule has 0 aliphatic heterocycles. The summed E-state index contributed by atoms with van der Waals surface area (Å²) >= 11 is 1.49. The number of methoxy groups -OCH3 is 3. The summed E-state index contributed by atoms with van der Waals surface area (Å²) < 4.78 is 17.6. The zero-order chi connectivity index (χ0) is 21.1. The highest BCUT2D eigenvalue weighted by molar-refractivity contribution is 7.13. The van der Waals surface area contributed by atoms with Crippen LogP contribution >= 0.6 is 11.3 Å². The molecule has 0 N–H and O–H groups in total. The van der Waals surface area contributed by atoms with Crippen molar-refractivity contribution in [2.75, 3.05) is 21.3 Å². The molecule has 10 heteroatoms. The molecule has 0 radical (unpaired) electrons. The highest BCUT2D eigenvalue weighted by Gasteiger charge is 2.22. The van der Waals surface area contributed by atoms with Gasteiger partial charge in [0.25, 0.3) is 0 Å². The van der Waals surface area contributed by atoms with Crippen LogP contribution in [0.4, 0.5) is 0 Å². The summed E-state index contributed by atoms with van der Waals surface area (Å²) in [6.07, 6.45) is 3.15. The van der Waals surface area contributed by atoms with Gasteiger partial charge in [0.05, 0.1) is 27.0 Å². The van der Waals surface area contributed by atoms with E-state index >= 15 is 0 Å². The molecule has 0 spiro atoms. The number of carbonyl (C=O) groups is 1. The van der Waals surface area contributed by atoms with Crippen LogP contribution in [0.5, 0.6) is 17.2 Å². The lowest BCUT2D eigenvalue weighted by atomic mass is 9.98. The molecule has 0 saturated carbocycles. The third-order valence-corrected chi connectivity index (χ3v) is 5.27. The summed E-state index contributed by atoms with van der Waals surface area (Å²) in [7, 11) is 4.51. The van der Waals surface area contributed by atoms with Crippen LogP contribution in [0.3, 0.4) is 0 Å². The molecule has 0 unspecified atom stereocenters. The molecular weight excluding hydrogens is 406 g/mol. The molecule has 0 bridgehead atoms. The number of benzene rings is 2. The lowest BCUT2D eigenvalue weighted by Crippen LogP contribution is -2.09. The number of nitrogens with zero attached hydrogens (tertiary/aromatic N) is 5. The van der Waals surface area contributed by atoms with Crippen molar-refractivity contribution in [1.82, 2.24) is 25.2 Å². The number of ketones is 1. The monoisotopic (exact) mass is 423 g/mol. The summed E-state index contributed by atoms with van der Waals surface area (Å²) in [5, 5.41) is 14.0. The normalized spacial score (nSPS) is 10.6. The number of ether oxygens (including phenoxy) is 3. The fourth-order valence-corrected chi connectivity index (χ4v) is 3.69. The van der Waals surface area contributed by atoms with Gasteiger partial charge >= 0.3 is 0 Å². The number of hydrogen-bond donors (Lipinski definition) is 0. The van der Waals surface area contributed by atoms with Gasteiger partial charge in [0.1, 0.15) is 11.3 Å². The second kappa shape index (κ2) is 8.29. The van der Waals surface area contributed by atoms with E-state index in [1.807, 2.05) is 11.4 Å². The van der Waals surface area contributed by atoms with Crippen LogP contribution in [0.15, 0.2) is 48.2 Å². The van der Waals surface area contributed by atoms with Gasteiger partial charge in [0, 0.05) is 28.3 Å². The summed E-state index contributed by atoms with van der Waals surface area (Å²) in [6, 6.07) is 8.67. The van der Waals surface area contributed by atoms with Crippen LogP contribution in [0.2, 0.25) is 0 Å². The van der Waals surface area contributed by atoms with Crippen molar-refractivity contribution in [3.05, 3.63) is 59.4 Å². The fourth-order valence-electron chi connectivity index (χ4n) is 3.06. The highest BCUT2D eigenvalue weighted by Crippen LogP contribution is 2.39. The van der Waals surface area contributed by atoms with E-state index in [4.69, 9.17) is 14.2 Å². The Morgan fingerprint density at radius 3 is 2.37 bits per heavy atom. The molecule has 0 amide bonds. The first-order valence-corrected chi connectivity index (χ1v) is 9.66. The van der Waals surface area contributed by atoms with Gasteiger partial charge in [-0.3, -0.25) is 4.79 Å². The molecule has 9 nitrogen and oxygen atoms in total. The highest BCUT2D eigenvalue weighted by atomic mass is 32.1. The molecule has 0 saturated heterocycles. The SMILES string of the molecule is COc1cc(C(=O)c2cc(-c3nccs3)ccc2-n2cnnn2)cc(OC)c1OC. The number of thiazole rings is 1. The largest absolute Gasteiger partial charge is 0.493 e. The van der Waals surface area contributed by atoms with Crippen molar-refractivity contribution in [2.45, 2.75) is 0 Å². The first kappa shape index (κ1) is 19.5. The number of tetrazole rings is 1. The average molecular weight is 423 g/mol.